The van der Waals surface area contributed by atoms with Crippen LogP contribution in [0.5, 0.6) is 0 Å². The number of hydrogen-bond acceptors (Lipinski definition) is 3. The van der Waals surface area contributed by atoms with Crippen molar-refractivity contribution in [2.45, 2.75) is 13.3 Å². The van der Waals surface area contributed by atoms with Crippen LogP contribution >= 0.6 is 0 Å². The highest BCUT2D eigenvalue weighted by Gasteiger charge is 2.23. The zero-order chi connectivity index (χ0) is 11.7. The van der Waals surface area contributed by atoms with Gasteiger partial charge in [0.1, 0.15) is 5.78 Å². The maximum atomic E-state index is 11.5. The summed E-state index contributed by atoms with van der Waals surface area (Å²) in [6, 6.07) is 5.72. The predicted molar refractivity (Wildman–Crippen MR) is 62.7 cm³/mol. The molecule has 0 spiro atoms. The van der Waals surface area contributed by atoms with Crippen molar-refractivity contribution >= 4 is 23.1 Å². The number of nitrogens with zero attached hydrogens (tertiary/aromatic N) is 1. The first-order chi connectivity index (χ1) is 7.58. The summed E-state index contributed by atoms with van der Waals surface area (Å²) in [6.07, 6.45) is 0.446. The second-order valence-corrected chi connectivity index (χ2v) is 4.03. The molecule has 1 N–H and O–H groups in total. The molecule has 1 aliphatic rings. The van der Waals surface area contributed by atoms with Crippen LogP contribution in [0.25, 0.3) is 0 Å². The SMILES string of the molecule is CC(=O)CNc1ccc2c(c1)CC(=O)N2C. The van der Waals surface area contributed by atoms with Gasteiger partial charge >= 0.3 is 0 Å². The number of anilines is 2. The number of benzene rings is 1. The Balaban J connectivity index is 2.18. The summed E-state index contributed by atoms with van der Waals surface area (Å²) >= 11 is 0. The van der Waals surface area contributed by atoms with Crippen LogP contribution in [0.1, 0.15) is 12.5 Å². The van der Waals surface area contributed by atoms with Crippen molar-refractivity contribution in [2.75, 3.05) is 23.8 Å². The van der Waals surface area contributed by atoms with E-state index in [9.17, 15) is 9.59 Å². The molecule has 1 aromatic rings. The highest BCUT2D eigenvalue weighted by Crippen LogP contribution is 2.29. The van der Waals surface area contributed by atoms with Gasteiger partial charge in [-0.1, -0.05) is 0 Å². The predicted octanol–water partition coefficient (Wildman–Crippen LogP) is 1.21. The lowest BCUT2D eigenvalue weighted by Gasteiger charge is -2.11. The van der Waals surface area contributed by atoms with Crippen molar-refractivity contribution < 1.29 is 9.59 Å². The van der Waals surface area contributed by atoms with Crippen LogP contribution in [0.15, 0.2) is 18.2 Å². The largest absolute Gasteiger partial charge is 0.378 e. The van der Waals surface area contributed by atoms with E-state index >= 15 is 0 Å². The summed E-state index contributed by atoms with van der Waals surface area (Å²) in [5.41, 5.74) is 2.86. The smallest absolute Gasteiger partial charge is 0.231 e. The van der Waals surface area contributed by atoms with Crippen LogP contribution in [0.4, 0.5) is 11.4 Å². The zero-order valence-electron chi connectivity index (χ0n) is 9.41. The highest BCUT2D eigenvalue weighted by molar-refractivity contribution is 6.01. The minimum atomic E-state index is 0.0914. The molecule has 0 saturated heterocycles. The Kier molecular flexibility index (Phi) is 2.64. The second kappa shape index (κ2) is 3.96. The molecule has 1 heterocycles. The van der Waals surface area contributed by atoms with Gasteiger partial charge in [-0.3, -0.25) is 9.59 Å². The first-order valence-electron chi connectivity index (χ1n) is 5.20. The molecule has 16 heavy (non-hydrogen) atoms. The number of nitrogens with one attached hydrogen (secondary N) is 1. The Morgan fingerprint density at radius 3 is 2.94 bits per heavy atom. The molecule has 0 unspecified atom stereocenters. The van der Waals surface area contributed by atoms with Gasteiger partial charge in [0.05, 0.1) is 13.0 Å². The van der Waals surface area contributed by atoms with E-state index in [-0.39, 0.29) is 11.7 Å². The molecule has 0 aromatic heterocycles. The van der Waals surface area contributed by atoms with Gasteiger partial charge < -0.3 is 10.2 Å². The van der Waals surface area contributed by atoms with Crippen molar-refractivity contribution in [1.82, 2.24) is 0 Å². The average molecular weight is 218 g/mol. The van der Waals surface area contributed by atoms with Crippen LogP contribution in [-0.2, 0) is 16.0 Å². The third-order valence-electron chi connectivity index (χ3n) is 2.70. The quantitative estimate of drug-likeness (QED) is 0.829. The van der Waals surface area contributed by atoms with Crippen LogP contribution in [0.2, 0.25) is 0 Å². The number of rotatable bonds is 3. The maximum Gasteiger partial charge on any atom is 0.231 e. The fraction of sp³-hybridized carbons (Fsp3) is 0.333. The second-order valence-electron chi connectivity index (χ2n) is 4.03. The molecule has 1 amide bonds. The van der Waals surface area contributed by atoms with Gasteiger partial charge in [-0.25, -0.2) is 0 Å². The minimum Gasteiger partial charge on any atom is -0.378 e. The standard InChI is InChI=1S/C12H14N2O2/c1-8(15)7-13-10-3-4-11-9(5-10)6-12(16)14(11)2/h3-5,13H,6-7H2,1-2H3. The summed E-state index contributed by atoms with van der Waals surface area (Å²) in [6.45, 7) is 1.86. The first kappa shape index (κ1) is 10.7. The summed E-state index contributed by atoms with van der Waals surface area (Å²) in [5.74, 6) is 0.201. The molecule has 0 fully saturated rings. The maximum absolute atomic E-state index is 11.5. The van der Waals surface area contributed by atoms with E-state index in [0.29, 0.717) is 13.0 Å². The molecular formula is C12H14N2O2. The molecule has 4 heteroatoms. The fourth-order valence-corrected chi connectivity index (χ4v) is 1.81. The van der Waals surface area contributed by atoms with Gasteiger partial charge in [0.2, 0.25) is 5.91 Å². The lowest BCUT2D eigenvalue weighted by Crippen LogP contribution is -2.20. The van der Waals surface area contributed by atoms with Gasteiger partial charge in [-0.05, 0) is 30.7 Å². The molecule has 0 aliphatic carbocycles. The number of ketones is 1. The minimum absolute atomic E-state index is 0.0914. The number of hydrogen-bond donors (Lipinski definition) is 1. The van der Waals surface area contributed by atoms with Crippen LogP contribution in [0.3, 0.4) is 0 Å². The molecule has 4 nitrogen and oxygen atoms in total. The van der Waals surface area contributed by atoms with E-state index < -0.39 is 0 Å². The van der Waals surface area contributed by atoms with Crippen LogP contribution in [0, 0.1) is 0 Å². The van der Waals surface area contributed by atoms with E-state index in [1.165, 1.54) is 6.92 Å². The van der Waals surface area contributed by atoms with E-state index in [0.717, 1.165) is 16.9 Å². The highest BCUT2D eigenvalue weighted by atomic mass is 16.2. The van der Waals surface area contributed by atoms with Crippen molar-refractivity contribution in [3.05, 3.63) is 23.8 Å². The zero-order valence-corrected chi connectivity index (χ0v) is 9.41. The lowest BCUT2D eigenvalue weighted by atomic mass is 10.1. The first-order valence-corrected chi connectivity index (χ1v) is 5.20. The van der Waals surface area contributed by atoms with Crippen LogP contribution < -0.4 is 10.2 Å². The number of amides is 1. The van der Waals surface area contributed by atoms with E-state index in [1.54, 1.807) is 11.9 Å². The van der Waals surface area contributed by atoms with E-state index in [1.807, 2.05) is 18.2 Å². The van der Waals surface area contributed by atoms with E-state index in [4.69, 9.17) is 0 Å². The van der Waals surface area contributed by atoms with Crippen LogP contribution in [-0.4, -0.2) is 25.3 Å². The summed E-state index contributed by atoms with van der Waals surface area (Å²) < 4.78 is 0. The molecule has 1 aromatic carbocycles. The topological polar surface area (TPSA) is 49.4 Å². The Morgan fingerprint density at radius 1 is 1.50 bits per heavy atom. The Bertz CT molecular complexity index is 454. The average Bonchev–Trinajstić information content (AvgIpc) is 2.52. The number of likely N-dealkylation sites (N-methyl/N-ethyl adjacent to an activating group) is 1. The lowest BCUT2D eigenvalue weighted by molar-refractivity contribution is -0.117. The normalized spacial score (nSPS) is 13.9. The number of fused-ring (bicyclic) bond motifs is 1. The van der Waals surface area contributed by atoms with Gasteiger partial charge in [0.25, 0.3) is 0 Å². The molecule has 1 aliphatic heterocycles. The van der Waals surface area contributed by atoms with Gasteiger partial charge in [0.15, 0.2) is 0 Å². The van der Waals surface area contributed by atoms with E-state index in [2.05, 4.69) is 5.32 Å². The third kappa shape index (κ3) is 1.91. The molecular weight excluding hydrogens is 204 g/mol. The Morgan fingerprint density at radius 2 is 2.25 bits per heavy atom. The van der Waals surface area contributed by atoms with Crippen molar-refractivity contribution in [1.29, 1.82) is 0 Å². The van der Waals surface area contributed by atoms with Gasteiger partial charge in [0, 0.05) is 18.4 Å². The molecule has 0 atom stereocenters. The van der Waals surface area contributed by atoms with Crippen molar-refractivity contribution in [3.63, 3.8) is 0 Å². The molecule has 0 radical (unpaired) electrons. The Labute approximate surface area is 94.2 Å². The van der Waals surface area contributed by atoms with Gasteiger partial charge in [-0.2, -0.15) is 0 Å². The molecule has 2 rings (SSSR count). The summed E-state index contributed by atoms with van der Waals surface area (Å²) in [7, 11) is 1.77. The Hall–Kier alpha value is -1.84. The summed E-state index contributed by atoms with van der Waals surface area (Å²) in [4.78, 5) is 23.9. The molecule has 0 saturated carbocycles. The van der Waals surface area contributed by atoms with Gasteiger partial charge in [-0.15, -0.1) is 0 Å². The number of Topliss-reactive ketones (excluding diaryl/α,β-unsaturated/α-hetero) is 1. The number of carbonyl (C=O) groups is 2. The van der Waals surface area contributed by atoms with Crippen molar-refractivity contribution in [2.24, 2.45) is 0 Å². The molecule has 84 valence electrons. The summed E-state index contributed by atoms with van der Waals surface area (Å²) in [5, 5.41) is 3.02. The monoisotopic (exact) mass is 218 g/mol. The third-order valence-corrected chi connectivity index (χ3v) is 2.70. The number of carbonyl (C=O) groups excluding carboxylic acids is 2. The van der Waals surface area contributed by atoms with Crippen molar-refractivity contribution in [3.8, 4) is 0 Å². The molecule has 0 bridgehead atoms. The fourth-order valence-electron chi connectivity index (χ4n) is 1.81.